The first-order valence-corrected chi connectivity index (χ1v) is 10.2. The van der Waals surface area contributed by atoms with Crippen molar-refractivity contribution in [3.63, 3.8) is 0 Å². The summed E-state index contributed by atoms with van der Waals surface area (Å²) in [4.78, 5) is 31.0. The number of para-hydroxylation sites is 1. The molecule has 0 bridgehead atoms. The summed E-state index contributed by atoms with van der Waals surface area (Å²) < 4.78 is 13.2. The van der Waals surface area contributed by atoms with Crippen LogP contribution in [0.4, 0.5) is 4.39 Å². The number of nitrogens with zero attached hydrogens (tertiary/aromatic N) is 1. The highest BCUT2D eigenvalue weighted by molar-refractivity contribution is 7.80. The Morgan fingerprint density at radius 2 is 1.87 bits per heavy atom. The topological polar surface area (TPSA) is 77.2 Å². The van der Waals surface area contributed by atoms with Crippen LogP contribution in [0.3, 0.4) is 0 Å². The summed E-state index contributed by atoms with van der Waals surface area (Å²) in [6.45, 7) is 0.833. The molecule has 152 valence electrons. The van der Waals surface area contributed by atoms with Gasteiger partial charge in [0.25, 0.3) is 0 Å². The predicted molar refractivity (Wildman–Crippen MR) is 114 cm³/mol. The van der Waals surface area contributed by atoms with Gasteiger partial charge in [0.2, 0.25) is 11.8 Å². The summed E-state index contributed by atoms with van der Waals surface area (Å²) in [6, 6.07) is 13.4. The van der Waals surface area contributed by atoms with Crippen LogP contribution in [0.2, 0.25) is 0 Å². The van der Waals surface area contributed by atoms with Crippen LogP contribution < -0.4 is 10.6 Å². The van der Waals surface area contributed by atoms with Crippen molar-refractivity contribution in [1.29, 1.82) is 0 Å². The minimum absolute atomic E-state index is 0.0678. The number of thiocarbonyl (C=S) groups is 1. The zero-order valence-electron chi connectivity index (χ0n) is 15.9. The fourth-order valence-electron chi connectivity index (χ4n) is 4.34. The molecule has 2 atom stereocenters. The van der Waals surface area contributed by atoms with E-state index in [2.05, 4.69) is 15.6 Å². The summed E-state index contributed by atoms with van der Waals surface area (Å²) >= 11 is 5.26. The SMILES string of the molecule is O=C1NC(=S)N(Cc2ccc(F)cc2)C(=O)C1C1NCCc2c1[nH]c1ccccc21. The number of rotatable bonds is 3. The van der Waals surface area contributed by atoms with E-state index >= 15 is 0 Å². The maximum Gasteiger partial charge on any atom is 0.243 e. The molecule has 2 amide bonds. The Balaban J connectivity index is 1.49. The van der Waals surface area contributed by atoms with Gasteiger partial charge in [-0.2, -0.15) is 0 Å². The van der Waals surface area contributed by atoms with Crippen LogP contribution in [0.25, 0.3) is 10.9 Å². The van der Waals surface area contributed by atoms with Crippen LogP contribution in [-0.2, 0) is 22.6 Å². The van der Waals surface area contributed by atoms with E-state index < -0.39 is 17.9 Å². The lowest BCUT2D eigenvalue weighted by Crippen LogP contribution is -2.60. The molecule has 3 aromatic rings. The lowest BCUT2D eigenvalue weighted by Gasteiger charge is -2.37. The Kier molecular flexibility index (Phi) is 4.60. The molecule has 2 unspecified atom stereocenters. The largest absolute Gasteiger partial charge is 0.357 e. The van der Waals surface area contributed by atoms with Gasteiger partial charge in [-0.15, -0.1) is 0 Å². The van der Waals surface area contributed by atoms with Crippen molar-refractivity contribution in [1.82, 2.24) is 20.5 Å². The number of carbonyl (C=O) groups is 2. The van der Waals surface area contributed by atoms with Gasteiger partial charge >= 0.3 is 0 Å². The summed E-state index contributed by atoms with van der Waals surface area (Å²) in [5.41, 5.74) is 3.71. The molecule has 1 aromatic heterocycles. The number of nitrogens with one attached hydrogen (secondary N) is 3. The second-order valence-corrected chi connectivity index (χ2v) is 7.95. The summed E-state index contributed by atoms with van der Waals surface area (Å²) in [7, 11) is 0. The van der Waals surface area contributed by atoms with E-state index in [4.69, 9.17) is 12.2 Å². The van der Waals surface area contributed by atoms with Crippen LogP contribution >= 0.6 is 12.2 Å². The normalized spacial score (nSPS) is 21.6. The number of hydrogen-bond donors (Lipinski definition) is 3. The van der Waals surface area contributed by atoms with Crippen molar-refractivity contribution in [2.24, 2.45) is 5.92 Å². The molecule has 1 saturated heterocycles. The molecule has 2 aromatic carbocycles. The summed E-state index contributed by atoms with van der Waals surface area (Å²) in [5.74, 6) is -2.08. The van der Waals surface area contributed by atoms with Crippen molar-refractivity contribution in [2.45, 2.75) is 19.0 Å². The quantitative estimate of drug-likeness (QED) is 0.448. The number of aromatic nitrogens is 1. The molecule has 5 rings (SSSR count). The minimum atomic E-state index is -0.954. The molecule has 0 aliphatic carbocycles. The monoisotopic (exact) mass is 422 g/mol. The molecular weight excluding hydrogens is 403 g/mol. The van der Waals surface area contributed by atoms with E-state index in [1.165, 1.54) is 17.0 Å². The summed E-state index contributed by atoms with van der Waals surface area (Å²) in [5, 5.41) is 7.19. The Morgan fingerprint density at radius 3 is 2.67 bits per heavy atom. The molecule has 2 aliphatic heterocycles. The summed E-state index contributed by atoms with van der Waals surface area (Å²) in [6.07, 6.45) is 0.816. The standard InChI is InChI=1S/C22H19FN4O2S/c23-13-7-5-12(6-8-13)11-27-21(29)17(20(28)26-22(27)30)19-18-15(9-10-24-19)14-3-1-2-4-16(14)25-18/h1-8,17,19,24-25H,9-11H2,(H,26,28,30). The highest BCUT2D eigenvalue weighted by Gasteiger charge is 2.45. The first kappa shape index (κ1) is 18.9. The average molecular weight is 422 g/mol. The van der Waals surface area contributed by atoms with Crippen molar-refractivity contribution in [3.8, 4) is 0 Å². The van der Waals surface area contributed by atoms with Crippen LogP contribution in [-0.4, -0.2) is 33.4 Å². The smallest absolute Gasteiger partial charge is 0.243 e. The first-order valence-electron chi connectivity index (χ1n) is 9.76. The van der Waals surface area contributed by atoms with Crippen molar-refractivity contribution in [2.75, 3.05) is 6.54 Å². The predicted octanol–water partition coefficient (Wildman–Crippen LogP) is 2.55. The van der Waals surface area contributed by atoms with E-state index in [9.17, 15) is 14.0 Å². The number of carbonyl (C=O) groups excluding carboxylic acids is 2. The fraction of sp³-hybridized carbons (Fsp3) is 0.227. The van der Waals surface area contributed by atoms with Gasteiger partial charge in [-0.3, -0.25) is 14.5 Å². The average Bonchev–Trinajstić information content (AvgIpc) is 3.12. The van der Waals surface area contributed by atoms with Gasteiger partial charge in [-0.05, 0) is 54.5 Å². The van der Waals surface area contributed by atoms with Crippen molar-refractivity contribution >= 4 is 40.0 Å². The van der Waals surface area contributed by atoms with Crippen LogP contribution in [0.1, 0.15) is 22.9 Å². The Labute approximate surface area is 177 Å². The van der Waals surface area contributed by atoms with E-state index in [1.807, 2.05) is 24.3 Å². The number of aromatic amines is 1. The zero-order valence-corrected chi connectivity index (χ0v) is 16.8. The molecular formula is C22H19FN4O2S. The third-order valence-electron chi connectivity index (χ3n) is 5.77. The van der Waals surface area contributed by atoms with Crippen molar-refractivity contribution < 1.29 is 14.0 Å². The number of H-pyrrole nitrogens is 1. The third kappa shape index (κ3) is 3.09. The second-order valence-electron chi connectivity index (χ2n) is 7.57. The highest BCUT2D eigenvalue weighted by Crippen LogP contribution is 2.35. The Bertz CT molecular complexity index is 1170. The van der Waals surface area contributed by atoms with Gasteiger partial charge in [0.15, 0.2) is 5.11 Å². The van der Waals surface area contributed by atoms with E-state index in [1.54, 1.807) is 12.1 Å². The molecule has 3 N–H and O–H groups in total. The number of fused-ring (bicyclic) bond motifs is 3. The van der Waals surface area contributed by atoms with Gasteiger partial charge in [-0.25, -0.2) is 4.39 Å². The molecule has 0 radical (unpaired) electrons. The van der Waals surface area contributed by atoms with Crippen molar-refractivity contribution in [3.05, 3.63) is 71.2 Å². The molecule has 3 heterocycles. The molecule has 8 heteroatoms. The van der Waals surface area contributed by atoms with Gasteiger partial charge in [0, 0.05) is 16.6 Å². The van der Waals surface area contributed by atoms with Crippen LogP contribution in [0.15, 0.2) is 48.5 Å². The second kappa shape index (κ2) is 7.30. The molecule has 0 spiro atoms. The van der Waals surface area contributed by atoms with Crippen LogP contribution in [0, 0.1) is 11.7 Å². The number of halogens is 1. The molecule has 6 nitrogen and oxygen atoms in total. The van der Waals surface area contributed by atoms with E-state index in [0.717, 1.165) is 34.1 Å². The number of hydrogen-bond acceptors (Lipinski definition) is 4. The minimum Gasteiger partial charge on any atom is -0.357 e. The Hall–Kier alpha value is -3.10. The molecule has 1 fully saturated rings. The van der Waals surface area contributed by atoms with Gasteiger partial charge in [0.1, 0.15) is 11.7 Å². The van der Waals surface area contributed by atoms with Crippen LogP contribution in [0.5, 0.6) is 0 Å². The lowest BCUT2D eigenvalue weighted by molar-refractivity contribution is -0.143. The lowest BCUT2D eigenvalue weighted by atomic mass is 9.87. The number of benzene rings is 2. The van der Waals surface area contributed by atoms with Gasteiger partial charge in [0.05, 0.1) is 12.6 Å². The maximum atomic E-state index is 13.4. The Morgan fingerprint density at radius 1 is 1.10 bits per heavy atom. The van der Waals surface area contributed by atoms with E-state index in [-0.39, 0.29) is 23.4 Å². The van der Waals surface area contributed by atoms with E-state index in [0.29, 0.717) is 6.54 Å². The third-order valence-corrected chi connectivity index (χ3v) is 6.10. The van der Waals surface area contributed by atoms with Gasteiger partial charge in [-0.1, -0.05) is 30.3 Å². The first-order chi connectivity index (χ1) is 14.5. The highest BCUT2D eigenvalue weighted by atomic mass is 32.1. The fourth-order valence-corrected chi connectivity index (χ4v) is 4.60. The zero-order chi connectivity index (χ0) is 20.8. The molecule has 2 aliphatic rings. The maximum absolute atomic E-state index is 13.4. The molecule has 30 heavy (non-hydrogen) atoms. The van der Waals surface area contributed by atoms with Gasteiger partial charge < -0.3 is 15.6 Å². The molecule has 0 saturated carbocycles. The number of amides is 2.